The first kappa shape index (κ1) is 11.1. The van der Waals surface area contributed by atoms with Crippen molar-refractivity contribution < 1.29 is 4.74 Å². The lowest BCUT2D eigenvalue weighted by atomic mass is 10.3. The average molecular weight is 198 g/mol. The smallest absolute Gasteiger partial charge is 0.163 e. The average Bonchev–Trinajstić information content (AvgIpc) is 2.53. The van der Waals surface area contributed by atoms with Gasteiger partial charge in [-0.25, -0.2) is 0 Å². The summed E-state index contributed by atoms with van der Waals surface area (Å²) in [5, 5.41) is 8.11. The Balaban J connectivity index is 2.94. The van der Waals surface area contributed by atoms with Crippen molar-refractivity contribution in [1.29, 1.82) is 0 Å². The molecule has 2 N–H and O–H groups in total. The van der Waals surface area contributed by atoms with Gasteiger partial charge in [0, 0.05) is 20.2 Å². The van der Waals surface area contributed by atoms with E-state index in [0.29, 0.717) is 6.54 Å². The molecule has 1 aromatic heterocycles. The number of hydrogen-bond donors (Lipinski definition) is 1. The van der Waals surface area contributed by atoms with Crippen LogP contribution in [-0.2, 0) is 11.3 Å². The molecular weight excluding hydrogens is 180 g/mol. The van der Waals surface area contributed by atoms with Crippen LogP contribution in [0.2, 0.25) is 0 Å². The van der Waals surface area contributed by atoms with Gasteiger partial charge in [0.2, 0.25) is 0 Å². The van der Waals surface area contributed by atoms with Crippen LogP contribution < -0.4 is 5.73 Å². The number of hydrogen-bond acceptors (Lipinski definition) is 4. The molecule has 0 amide bonds. The zero-order chi connectivity index (χ0) is 10.6. The largest absolute Gasteiger partial charge is 0.372 e. The summed E-state index contributed by atoms with van der Waals surface area (Å²) in [4.78, 5) is 0. The third-order valence-corrected chi connectivity index (χ3v) is 2.20. The Labute approximate surface area is 84.3 Å². The van der Waals surface area contributed by atoms with E-state index in [9.17, 15) is 0 Å². The van der Waals surface area contributed by atoms with Crippen LogP contribution in [0, 0.1) is 6.92 Å². The standard InChI is InChI=1S/C9H18N4O/c1-4-5-13-7(2)11-12-9(13)8(6-10)14-3/h8H,4-6,10H2,1-3H3. The molecule has 0 aliphatic carbocycles. The van der Waals surface area contributed by atoms with E-state index in [-0.39, 0.29) is 6.10 Å². The van der Waals surface area contributed by atoms with Crippen LogP contribution in [0.3, 0.4) is 0 Å². The van der Waals surface area contributed by atoms with Crippen LogP contribution >= 0.6 is 0 Å². The molecule has 0 fully saturated rings. The molecule has 0 radical (unpaired) electrons. The fraction of sp³-hybridized carbons (Fsp3) is 0.778. The second kappa shape index (κ2) is 5.07. The summed E-state index contributed by atoms with van der Waals surface area (Å²) >= 11 is 0. The predicted molar refractivity (Wildman–Crippen MR) is 53.9 cm³/mol. The Kier molecular flexibility index (Phi) is 4.03. The van der Waals surface area contributed by atoms with Crippen LogP contribution in [0.15, 0.2) is 0 Å². The third-order valence-electron chi connectivity index (χ3n) is 2.20. The lowest BCUT2D eigenvalue weighted by Crippen LogP contribution is -2.19. The molecule has 0 saturated carbocycles. The summed E-state index contributed by atoms with van der Waals surface area (Å²) < 4.78 is 7.29. The van der Waals surface area contributed by atoms with Gasteiger partial charge < -0.3 is 15.0 Å². The van der Waals surface area contributed by atoms with Gasteiger partial charge in [0.05, 0.1) is 0 Å². The van der Waals surface area contributed by atoms with E-state index in [1.54, 1.807) is 7.11 Å². The Morgan fingerprint density at radius 2 is 2.21 bits per heavy atom. The zero-order valence-corrected chi connectivity index (χ0v) is 9.03. The normalized spacial score (nSPS) is 13.1. The number of nitrogens with zero attached hydrogens (tertiary/aromatic N) is 3. The van der Waals surface area contributed by atoms with E-state index in [0.717, 1.165) is 24.6 Å². The number of ether oxygens (including phenoxy) is 1. The van der Waals surface area contributed by atoms with Gasteiger partial charge in [-0.2, -0.15) is 0 Å². The van der Waals surface area contributed by atoms with Crippen molar-refractivity contribution in [2.24, 2.45) is 5.73 Å². The molecule has 1 rings (SSSR count). The first-order chi connectivity index (χ1) is 6.74. The van der Waals surface area contributed by atoms with Crippen molar-refractivity contribution in [3.05, 3.63) is 11.6 Å². The zero-order valence-electron chi connectivity index (χ0n) is 9.03. The first-order valence-electron chi connectivity index (χ1n) is 4.87. The Morgan fingerprint density at radius 3 is 2.71 bits per heavy atom. The molecule has 1 heterocycles. The van der Waals surface area contributed by atoms with Gasteiger partial charge >= 0.3 is 0 Å². The van der Waals surface area contributed by atoms with E-state index in [2.05, 4.69) is 21.7 Å². The molecule has 1 aromatic rings. The van der Waals surface area contributed by atoms with E-state index in [1.165, 1.54) is 0 Å². The molecule has 1 unspecified atom stereocenters. The summed E-state index contributed by atoms with van der Waals surface area (Å²) in [6.45, 7) is 5.40. The van der Waals surface area contributed by atoms with Gasteiger partial charge in [0.25, 0.3) is 0 Å². The monoisotopic (exact) mass is 198 g/mol. The number of aryl methyl sites for hydroxylation is 1. The minimum Gasteiger partial charge on any atom is -0.372 e. The Morgan fingerprint density at radius 1 is 1.50 bits per heavy atom. The summed E-state index contributed by atoms with van der Waals surface area (Å²) in [5.74, 6) is 1.74. The molecule has 0 aliphatic rings. The summed E-state index contributed by atoms with van der Waals surface area (Å²) in [5.41, 5.74) is 5.58. The Hall–Kier alpha value is -0.940. The highest BCUT2D eigenvalue weighted by Crippen LogP contribution is 2.14. The quantitative estimate of drug-likeness (QED) is 0.754. The maximum atomic E-state index is 5.58. The van der Waals surface area contributed by atoms with Crippen molar-refractivity contribution in [3.8, 4) is 0 Å². The fourth-order valence-electron chi connectivity index (χ4n) is 1.44. The Bertz CT molecular complexity index is 280. The van der Waals surface area contributed by atoms with Crippen LogP contribution in [0.25, 0.3) is 0 Å². The molecule has 0 spiro atoms. The lowest BCUT2D eigenvalue weighted by molar-refractivity contribution is 0.0991. The predicted octanol–water partition coefficient (Wildman–Crippen LogP) is 0.643. The van der Waals surface area contributed by atoms with E-state index in [4.69, 9.17) is 10.5 Å². The molecule has 14 heavy (non-hydrogen) atoms. The van der Waals surface area contributed by atoms with Crippen molar-refractivity contribution in [2.45, 2.75) is 32.9 Å². The van der Waals surface area contributed by atoms with Crippen molar-refractivity contribution in [3.63, 3.8) is 0 Å². The number of rotatable bonds is 5. The highest BCUT2D eigenvalue weighted by Gasteiger charge is 2.17. The summed E-state index contributed by atoms with van der Waals surface area (Å²) in [7, 11) is 1.64. The van der Waals surface area contributed by atoms with Gasteiger partial charge in [0.15, 0.2) is 5.82 Å². The van der Waals surface area contributed by atoms with Crippen LogP contribution in [0.1, 0.15) is 31.1 Å². The molecule has 0 aromatic carbocycles. The molecule has 5 heteroatoms. The molecule has 0 aliphatic heterocycles. The van der Waals surface area contributed by atoms with Gasteiger partial charge in [-0.05, 0) is 13.3 Å². The van der Waals surface area contributed by atoms with E-state index < -0.39 is 0 Å². The minimum absolute atomic E-state index is 0.150. The highest BCUT2D eigenvalue weighted by atomic mass is 16.5. The van der Waals surface area contributed by atoms with E-state index >= 15 is 0 Å². The van der Waals surface area contributed by atoms with Gasteiger partial charge in [0.1, 0.15) is 11.9 Å². The molecule has 5 nitrogen and oxygen atoms in total. The van der Waals surface area contributed by atoms with Crippen LogP contribution in [0.5, 0.6) is 0 Å². The van der Waals surface area contributed by atoms with E-state index in [1.807, 2.05) is 6.92 Å². The first-order valence-corrected chi connectivity index (χ1v) is 4.87. The maximum absolute atomic E-state index is 5.58. The topological polar surface area (TPSA) is 66.0 Å². The number of aromatic nitrogens is 3. The van der Waals surface area contributed by atoms with Crippen molar-refractivity contribution in [2.75, 3.05) is 13.7 Å². The second-order valence-corrected chi connectivity index (χ2v) is 3.22. The maximum Gasteiger partial charge on any atom is 0.163 e. The minimum atomic E-state index is -0.150. The molecule has 0 saturated heterocycles. The fourth-order valence-corrected chi connectivity index (χ4v) is 1.44. The lowest BCUT2D eigenvalue weighted by Gasteiger charge is -2.14. The third kappa shape index (κ3) is 2.10. The number of methoxy groups -OCH3 is 1. The van der Waals surface area contributed by atoms with Gasteiger partial charge in [-0.3, -0.25) is 0 Å². The van der Waals surface area contributed by atoms with Crippen molar-refractivity contribution in [1.82, 2.24) is 14.8 Å². The summed E-state index contributed by atoms with van der Waals surface area (Å²) in [6.07, 6.45) is 0.898. The number of nitrogens with two attached hydrogens (primary N) is 1. The highest BCUT2D eigenvalue weighted by molar-refractivity contribution is 4.98. The summed E-state index contributed by atoms with van der Waals surface area (Å²) in [6, 6.07) is 0. The van der Waals surface area contributed by atoms with Crippen LogP contribution in [0.4, 0.5) is 0 Å². The van der Waals surface area contributed by atoms with Crippen molar-refractivity contribution >= 4 is 0 Å². The molecular formula is C9H18N4O. The molecule has 1 atom stereocenters. The SMILES string of the molecule is CCCn1c(C)nnc1C(CN)OC. The van der Waals surface area contributed by atoms with Gasteiger partial charge in [-0.15, -0.1) is 10.2 Å². The molecule has 0 bridgehead atoms. The van der Waals surface area contributed by atoms with Crippen LogP contribution in [-0.4, -0.2) is 28.4 Å². The molecule has 80 valence electrons. The van der Waals surface area contributed by atoms with Gasteiger partial charge in [-0.1, -0.05) is 6.92 Å². The second-order valence-electron chi connectivity index (χ2n) is 3.22.